The Hall–Kier alpha value is -1.29. The topological polar surface area (TPSA) is 52.0 Å². The van der Waals surface area contributed by atoms with E-state index in [0.29, 0.717) is 4.67 Å². The lowest BCUT2D eigenvalue weighted by molar-refractivity contribution is 0.556. The standard InChI is InChI=1S/C10H9BrN2O/c1-6-2-4-7(5-3-6)8-9(11)14-10(12)13-8/h2-5H,1H3,(H2,12,13). The minimum Gasteiger partial charge on any atom is -0.416 e. The van der Waals surface area contributed by atoms with Gasteiger partial charge in [0, 0.05) is 5.56 Å². The Morgan fingerprint density at radius 2 is 1.93 bits per heavy atom. The van der Waals surface area contributed by atoms with Crippen molar-refractivity contribution < 1.29 is 4.42 Å². The molecule has 72 valence electrons. The molecule has 2 aromatic rings. The maximum absolute atomic E-state index is 5.44. The Morgan fingerprint density at radius 1 is 1.29 bits per heavy atom. The highest BCUT2D eigenvalue weighted by atomic mass is 79.9. The second-order valence-electron chi connectivity index (χ2n) is 3.04. The molecule has 2 rings (SSSR count). The van der Waals surface area contributed by atoms with Crippen molar-refractivity contribution in [2.24, 2.45) is 0 Å². The van der Waals surface area contributed by atoms with Gasteiger partial charge in [0.1, 0.15) is 5.69 Å². The van der Waals surface area contributed by atoms with Gasteiger partial charge in [-0.25, -0.2) is 0 Å². The van der Waals surface area contributed by atoms with Crippen molar-refractivity contribution in [2.75, 3.05) is 5.73 Å². The van der Waals surface area contributed by atoms with Gasteiger partial charge in [-0.2, -0.15) is 4.98 Å². The van der Waals surface area contributed by atoms with Crippen molar-refractivity contribution in [1.82, 2.24) is 4.98 Å². The van der Waals surface area contributed by atoms with Crippen LogP contribution in [0.15, 0.2) is 33.4 Å². The summed E-state index contributed by atoms with van der Waals surface area (Å²) in [5.41, 5.74) is 8.38. The molecule has 1 heterocycles. The molecule has 0 aliphatic rings. The molecule has 0 saturated carbocycles. The largest absolute Gasteiger partial charge is 0.416 e. The molecule has 4 heteroatoms. The van der Waals surface area contributed by atoms with Gasteiger partial charge in [0.05, 0.1) is 0 Å². The Morgan fingerprint density at radius 3 is 2.43 bits per heavy atom. The summed E-state index contributed by atoms with van der Waals surface area (Å²) >= 11 is 3.26. The third kappa shape index (κ3) is 1.65. The minimum absolute atomic E-state index is 0.174. The predicted molar refractivity (Wildman–Crippen MR) is 58.8 cm³/mol. The average molecular weight is 253 g/mol. The number of nitrogens with two attached hydrogens (primary N) is 1. The van der Waals surface area contributed by atoms with E-state index in [4.69, 9.17) is 10.2 Å². The lowest BCUT2D eigenvalue weighted by Gasteiger charge is -1.96. The molecule has 0 spiro atoms. The zero-order chi connectivity index (χ0) is 10.1. The number of hydrogen-bond donors (Lipinski definition) is 1. The first-order chi connectivity index (χ1) is 6.66. The monoisotopic (exact) mass is 252 g/mol. The fourth-order valence-corrected chi connectivity index (χ4v) is 1.69. The first-order valence-corrected chi connectivity index (χ1v) is 4.95. The Kier molecular flexibility index (Phi) is 2.29. The second-order valence-corrected chi connectivity index (χ2v) is 3.76. The van der Waals surface area contributed by atoms with Crippen LogP contribution >= 0.6 is 15.9 Å². The number of aromatic nitrogens is 1. The highest BCUT2D eigenvalue weighted by Gasteiger charge is 2.10. The lowest BCUT2D eigenvalue weighted by Crippen LogP contribution is -1.83. The van der Waals surface area contributed by atoms with Crippen LogP contribution in [0.5, 0.6) is 0 Å². The minimum atomic E-state index is 0.174. The van der Waals surface area contributed by atoms with Gasteiger partial charge in [0.2, 0.25) is 0 Å². The van der Waals surface area contributed by atoms with Gasteiger partial charge in [0.25, 0.3) is 6.01 Å². The maximum Gasteiger partial charge on any atom is 0.293 e. The molecular weight excluding hydrogens is 244 g/mol. The molecule has 0 bridgehead atoms. The molecule has 0 aliphatic carbocycles. The molecule has 0 unspecified atom stereocenters. The van der Waals surface area contributed by atoms with Crippen molar-refractivity contribution >= 4 is 21.9 Å². The Balaban J connectivity index is 2.49. The van der Waals surface area contributed by atoms with Gasteiger partial charge in [-0.1, -0.05) is 29.8 Å². The molecule has 0 aliphatic heterocycles. The summed E-state index contributed by atoms with van der Waals surface area (Å²) in [6.45, 7) is 2.04. The molecular formula is C10H9BrN2O. The van der Waals surface area contributed by atoms with E-state index in [1.165, 1.54) is 5.56 Å². The smallest absolute Gasteiger partial charge is 0.293 e. The van der Waals surface area contributed by atoms with Crippen LogP contribution in [-0.4, -0.2) is 4.98 Å². The summed E-state index contributed by atoms with van der Waals surface area (Å²) in [5.74, 6) is 0. The number of oxazole rings is 1. The zero-order valence-electron chi connectivity index (χ0n) is 7.62. The van der Waals surface area contributed by atoms with Gasteiger partial charge in [-0.15, -0.1) is 0 Å². The van der Waals surface area contributed by atoms with E-state index in [1.54, 1.807) is 0 Å². The van der Waals surface area contributed by atoms with Crippen LogP contribution in [0.2, 0.25) is 0 Å². The van der Waals surface area contributed by atoms with E-state index in [-0.39, 0.29) is 6.01 Å². The van der Waals surface area contributed by atoms with Crippen molar-refractivity contribution in [3.05, 3.63) is 34.5 Å². The molecule has 1 aromatic heterocycles. The van der Waals surface area contributed by atoms with Crippen LogP contribution in [-0.2, 0) is 0 Å². The van der Waals surface area contributed by atoms with Crippen molar-refractivity contribution in [3.63, 3.8) is 0 Å². The Bertz CT molecular complexity index is 448. The molecule has 3 nitrogen and oxygen atoms in total. The zero-order valence-corrected chi connectivity index (χ0v) is 9.21. The Labute approximate surface area is 90.1 Å². The average Bonchev–Trinajstić information content (AvgIpc) is 2.47. The SMILES string of the molecule is Cc1ccc(-c2nc(N)oc2Br)cc1. The highest BCUT2D eigenvalue weighted by molar-refractivity contribution is 9.10. The molecule has 2 N–H and O–H groups in total. The van der Waals surface area contributed by atoms with Crippen LogP contribution in [0.3, 0.4) is 0 Å². The van der Waals surface area contributed by atoms with Crippen LogP contribution in [0.25, 0.3) is 11.3 Å². The quantitative estimate of drug-likeness (QED) is 0.849. The normalized spacial score (nSPS) is 10.4. The second kappa shape index (κ2) is 3.46. The predicted octanol–water partition coefficient (Wildman–Crippen LogP) is 2.99. The van der Waals surface area contributed by atoms with Crippen LogP contribution in [0.4, 0.5) is 6.01 Å². The summed E-state index contributed by atoms with van der Waals surface area (Å²) < 4.78 is 5.65. The van der Waals surface area contributed by atoms with Crippen LogP contribution in [0.1, 0.15) is 5.56 Å². The lowest BCUT2D eigenvalue weighted by atomic mass is 10.1. The number of aryl methyl sites for hydroxylation is 1. The number of nitrogen functional groups attached to an aromatic ring is 1. The highest BCUT2D eigenvalue weighted by Crippen LogP contribution is 2.29. The van der Waals surface area contributed by atoms with Crippen LogP contribution < -0.4 is 5.73 Å². The molecule has 0 saturated heterocycles. The van der Waals surface area contributed by atoms with E-state index in [2.05, 4.69) is 20.9 Å². The van der Waals surface area contributed by atoms with E-state index in [9.17, 15) is 0 Å². The number of hydrogen-bond acceptors (Lipinski definition) is 3. The number of anilines is 1. The summed E-state index contributed by atoms with van der Waals surface area (Å²) in [6, 6.07) is 8.18. The fourth-order valence-electron chi connectivity index (χ4n) is 1.21. The van der Waals surface area contributed by atoms with Gasteiger partial charge in [0.15, 0.2) is 4.67 Å². The molecule has 0 fully saturated rings. The van der Waals surface area contributed by atoms with E-state index < -0.39 is 0 Å². The first-order valence-electron chi connectivity index (χ1n) is 4.15. The number of halogens is 1. The summed E-state index contributed by atoms with van der Waals surface area (Å²) in [4.78, 5) is 4.07. The first kappa shape index (κ1) is 9.27. The summed E-state index contributed by atoms with van der Waals surface area (Å²) in [6.07, 6.45) is 0. The molecule has 1 aromatic carbocycles. The summed E-state index contributed by atoms with van der Waals surface area (Å²) in [5, 5.41) is 0. The van der Waals surface area contributed by atoms with E-state index in [0.717, 1.165) is 11.3 Å². The number of benzene rings is 1. The molecule has 0 amide bonds. The van der Waals surface area contributed by atoms with Crippen molar-refractivity contribution in [1.29, 1.82) is 0 Å². The maximum atomic E-state index is 5.44. The molecule has 0 atom stereocenters. The van der Waals surface area contributed by atoms with E-state index in [1.807, 2.05) is 31.2 Å². The van der Waals surface area contributed by atoms with Gasteiger partial charge < -0.3 is 10.2 Å². The van der Waals surface area contributed by atoms with Gasteiger partial charge in [-0.05, 0) is 22.9 Å². The molecule has 0 radical (unpaired) electrons. The summed E-state index contributed by atoms with van der Waals surface area (Å²) in [7, 11) is 0. The number of nitrogens with zero attached hydrogens (tertiary/aromatic N) is 1. The third-order valence-corrected chi connectivity index (χ3v) is 2.46. The fraction of sp³-hybridized carbons (Fsp3) is 0.100. The van der Waals surface area contributed by atoms with Gasteiger partial charge in [-0.3, -0.25) is 0 Å². The van der Waals surface area contributed by atoms with Crippen molar-refractivity contribution in [3.8, 4) is 11.3 Å². The van der Waals surface area contributed by atoms with Crippen LogP contribution in [0, 0.1) is 6.92 Å². The third-order valence-electron chi connectivity index (χ3n) is 1.93. The molecule has 14 heavy (non-hydrogen) atoms. The van der Waals surface area contributed by atoms with Crippen molar-refractivity contribution in [2.45, 2.75) is 6.92 Å². The number of rotatable bonds is 1. The van der Waals surface area contributed by atoms with Gasteiger partial charge >= 0.3 is 0 Å². The van der Waals surface area contributed by atoms with E-state index >= 15 is 0 Å².